The zero-order valence-corrected chi connectivity index (χ0v) is 11.2. The van der Waals surface area contributed by atoms with Gasteiger partial charge in [-0.1, -0.05) is 0 Å². The van der Waals surface area contributed by atoms with Crippen molar-refractivity contribution in [2.24, 2.45) is 12.8 Å². The monoisotopic (exact) mass is 261 g/mol. The van der Waals surface area contributed by atoms with Gasteiger partial charge in [0, 0.05) is 26.7 Å². The van der Waals surface area contributed by atoms with E-state index < -0.39 is 10.2 Å². The molecule has 8 heteroatoms. The van der Waals surface area contributed by atoms with E-state index in [1.165, 1.54) is 16.0 Å². The third-order valence-corrected chi connectivity index (χ3v) is 3.79. The number of anilines is 1. The first-order valence-corrected chi connectivity index (χ1v) is 6.75. The molecule has 0 aliphatic heterocycles. The quantitative estimate of drug-likeness (QED) is 0.733. The highest BCUT2D eigenvalue weighted by atomic mass is 32.2. The van der Waals surface area contributed by atoms with Crippen molar-refractivity contribution in [2.75, 3.05) is 24.9 Å². The molecule has 0 spiro atoms. The molecule has 98 valence electrons. The fourth-order valence-electron chi connectivity index (χ4n) is 1.35. The van der Waals surface area contributed by atoms with E-state index in [0.29, 0.717) is 25.3 Å². The molecular formula is C9H19N5O2S. The second-order valence-corrected chi connectivity index (χ2v) is 5.64. The average molecular weight is 261 g/mol. The average Bonchev–Trinajstić information content (AvgIpc) is 2.53. The first-order valence-electron chi connectivity index (χ1n) is 5.31. The number of aromatic nitrogens is 2. The van der Waals surface area contributed by atoms with Gasteiger partial charge in [0.15, 0.2) is 0 Å². The summed E-state index contributed by atoms with van der Waals surface area (Å²) in [5.74, 6) is 0.446. The molecule has 0 radical (unpaired) electrons. The lowest BCUT2D eigenvalue weighted by Gasteiger charge is -2.17. The van der Waals surface area contributed by atoms with Crippen LogP contribution in [0, 0.1) is 6.92 Å². The van der Waals surface area contributed by atoms with Gasteiger partial charge in [0.1, 0.15) is 5.82 Å². The number of nitrogens with one attached hydrogen (secondary N) is 1. The standard InChI is InChI=1S/C9H19N5O2S/c1-8-7-9(14(3)11-8)12-17(15,16)13(2)6-4-5-10/h7,12H,4-6,10H2,1-3H3. The van der Waals surface area contributed by atoms with E-state index in [9.17, 15) is 8.42 Å². The normalized spacial score (nSPS) is 12.1. The van der Waals surface area contributed by atoms with Crippen LogP contribution in [0.15, 0.2) is 6.07 Å². The predicted octanol–water partition coefficient (Wildman–Crippen LogP) is -0.334. The number of aryl methyl sites for hydroxylation is 2. The van der Waals surface area contributed by atoms with Crippen molar-refractivity contribution in [1.82, 2.24) is 14.1 Å². The molecule has 0 bridgehead atoms. The molecule has 0 amide bonds. The van der Waals surface area contributed by atoms with Crippen LogP contribution >= 0.6 is 0 Å². The molecule has 0 aromatic carbocycles. The Labute approximate surface area is 102 Å². The summed E-state index contributed by atoms with van der Waals surface area (Å²) in [4.78, 5) is 0. The molecule has 1 heterocycles. The van der Waals surface area contributed by atoms with Crippen LogP contribution in [-0.4, -0.2) is 42.6 Å². The van der Waals surface area contributed by atoms with Crippen molar-refractivity contribution < 1.29 is 8.42 Å². The van der Waals surface area contributed by atoms with Gasteiger partial charge < -0.3 is 5.73 Å². The van der Waals surface area contributed by atoms with E-state index in [0.717, 1.165) is 5.69 Å². The SMILES string of the molecule is Cc1cc(NS(=O)(=O)N(C)CCCN)n(C)n1. The largest absolute Gasteiger partial charge is 0.330 e. The van der Waals surface area contributed by atoms with Crippen LogP contribution < -0.4 is 10.5 Å². The molecule has 0 aliphatic rings. The van der Waals surface area contributed by atoms with Gasteiger partial charge in [-0.15, -0.1) is 0 Å². The number of hydrogen-bond donors (Lipinski definition) is 2. The molecule has 17 heavy (non-hydrogen) atoms. The summed E-state index contributed by atoms with van der Waals surface area (Å²) in [5.41, 5.74) is 6.10. The highest BCUT2D eigenvalue weighted by molar-refractivity contribution is 7.90. The summed E-state index contributed by atoms with van der Waals surface area (Å²) >= 11 is 0. The first-order chi connectivity index (χ1) is 7.86. The molecule has 1 aromatic heterocycles. The zero-order chi connectivity index (χ0) is 13.1. The Kier molecular flexibility index (Phi) is 4.49. The van der Waals surface area contributed by atoms with Crippen LogP contribution in [0.5, 0.6) is 0 Å². The molecule has 7 nitrogen and oxygen atoms in total. The molecule has 0 saturated heterocycles. The third kappa shape index (κ3) is 3.69. The Balaban J connectivity index is 2.76. The van der Waals surface area contributed by atoms with E-state index in [1.54, 1.807) is 20.0 Å². The van der Waals surface area contributed by atoms with Crippen LogP contribution in [0.1, 0.15) is 12.1 Å². The highest BCUT2D eigenvalue weighted by Crippen LogP contribution is 2.11. The van der Waals surface area contributed by atoms with Crippen molar-refractivity contribution in [3.63, 3.8) is 0 Å². The fourth-order valence-corrected chi connectivity index (χ4v) is 2.33. The van der Waals surface area contributed by atoms with Crippen molar-refractivity contribution in [3.05, 3.63) is 11.8 Å². The second kappa shape index (κ2) is 5.48. The van der Waals surface area contributed by atoms with Gasteiger partial charge in [-0.25, -0.2) is 0 Å². The molecule has 1 aromatic rings. The van der Waals surface area contributed by atoms with Crippen LogP contribution in [0.2, 0.25) is 0 Å². The maximum atomic E-state index is 11.9. The predicted molar refractivity (Wildman–Crippen MR) is 66.8 cm³/mol. The van der Waals surface area contributed by atoms with E-state index in [4.69, 9.17) is 5.73 Å². The van der Waals surface area contributed by atoms with Gasteiger partial charge >= 0.3 is 10.2 Å². The molecule has 3 N–H and O–H groups in total. The van der Waals surface area contributed by atoms with Gasteiger partial charge in [0.25, 0.3) is 0 Å². The molecular weight excluding hydrogens is 242 g/mol. The Morgan fingerprint density at radius 2 is 2.24 bits per heavy atom. The highest BCUT2D eigenvalue weighted by Gasteiger charge is 2.18. The maximum absolute atomic E-state index is 11.9. The van der Waals surface area contributed by atoms with Crippen LogP contribution in [0.25, 0.3) is 0 Å². The van der Waals surface area contributed by atoms with Crippen molar-refractivity contribution in [3.8, 4) is 0 Å². The summed E-state index contributed by atoms with van der Waals surface area (Å²) in [6.45, 7) is 2.66. The Bertz CT molecular complexity index is 468. The number of nitrogens with zero attached hydrogens (tertiary/aromatic N) is 3. The Morgan fingerprint density at radius 3 is 2.71 bits per heavy atom. The number of hydrogen-bond acceptors (Lipinski definition) is 4. The van der Waals surface area contributed by atoms with Gasteiger partial charge in [-0.05, 0) is 19.9 Å². The lowest BCUT2D eigenvalue weighted by atomic mass is 10.4. The van der Waals surface area contributed by atoms with E-state index in [2.05, 4.69) is 9.82 Å². The Morgan fingerprint density at radius 1 is 1.59 bits per heavy atom. The minimum Gasteiger partial charge on any atom is -0.330 e. The minimum absolute atomic E-state index is 0.392. The smallest absolute Gasteiger partial charge is 0.302 e. The van der Waals surface area contributed by atoms with Gasteiger partial charge in [-0.2, -0.15) is 17.8 Å². The number of nitrogens with two attached hydrogens (primary N) is 1. The van der Waals surface area contributed by atoms with Crippen molar-refractivity contribution in [2.45, 2.75) is 13.3 Å². The van der Waals surface area contributed by atoms with E-state index in [-0.39, 0.29) is 0 Å². The van der Waals surface area contributed by atoms with E-state index >= 15 is 0 Å². The summed E-state index contributed by atoms with van der Waals surface area (Å²) in [7, 11) is -0.327. The van der Waals surface area contributed by atoms with Gasteiger partial charge in [-0.3, -0.25) is 9.40 Å². The summed E-state index contributed by atoms with van der Waals surface area (Å²) in [6.07, 6.45) is 0.627. The molecule has 1 rings (SSSR count). The summed E-state index contributed by atoms with van der Waals surface area (Å²) in [5, 5.41) is 4.07. The topological polar surface area (TPSA) is 93.3 Å². The number of rotatable bonds is 6. The lowest BCUT2D eigenvalue weighted by molar-refractivity contribution is 0.468. The first kappa shape index (κ1) is 13.9. The van der Waals surface area contributed by atoms with Crippen LogP contribution in [-0.2, 0) is 17.3 Å². The fraction of sp³-hybridized carbons (Fsp3) is 0.667. The zero-order valence-electron chi connectivity index (χ0n) is 10.3. The summed E-state index contributed by atoms with van der Waals surface area (Å²) in [6, 6.07) is 1.67. The Hall–Kier alpha value is -1.12. The molecule has 0 atom stereocenters. The van der Waals surface area contributed by atoms with E-state index in [1.807, 2.05) is 0 Å². The summed E-state index contributed by atoms with van der Waals surface area (Å²) < 4.78 is 29.0. The molecule has 0 saturated carbocycles. The van der Waals surface area contributed by atoms with Crippen molar-refractivity contribution in [1.29, 1.82) is 0 Å². The molecule has 0 fully saturated rings. The molecule has 0 aliphatic carbocycles. The van der Waals surface area contributed by atoms with Crippen molar-refractivity contribution >= 4 is 16.0 Å². The lowest BCUT2D eigenvalue weighted by Crippen LogP contribution is -2.34. The van der Waals surface area contributed by atoms with Gasteiger partial charge in [0.2, 0.25) is 0 Å². The molecule has 0 unspecified atom stereocenters. The van der Waals surface area contributed by atoms with Crippen LogP contribution in [0.3, 0.4) is 0 Å². The maximum Gasteiger partial charge on any atom is 0.302 e. The van der Waals surface area contributed by atoms with Gasteiger partial charge in [0.05, 0.1) is 5.69 Å². The third-order valence-electron chi connectivity index (χ3n) is 2.32. The second-order valence-electron chi connectivity index (χ2n) is 3.87. The minimum atomic E-state index is -3.53. The van der Waals surface area contributed by atoms with Crippen LogP contribution in [0.4, 0.5) is 5.82 Å².